The third kappa shape index (κ3) is 4.11. The van der Waals surface area contributed by atoms with Crippen molar-refractivity contribution in [3.8, 4) is 5.75 Å². The van der Waals surface area contributed by atoms with Crippen molar-refractivity contribution in [2.75, 3.05) is 18.5 Å². The minimum Gasteiger partial charge on any atom is -0.493 e. The van der Waals surface area contributed by atoms with Gasteiger partial charge in [-0.2, -0.15) is 0 Å². The molecule has 0 aliphatic carbocycles. The second-order valence-corrected chi connectivity index (χ2v) is 7.29. The van der Waals surface area contributed by atoms with Crippen LogP contribution in [-0.4, -0.2) is 36.0 Å². The van der Waals surface area contributed by atoms with Crippen molar-refractivity contribution in [3.05, 3.63) is 59.7 Å². The van der Waals surface area contributed by atoms with E-state index in [1.165, 1.54) is 0 Å². The van der Waals surface area contributed by atoms with E-state index in [9.17, 15) is 9.59 Å². The van der Waals surface area contributed by atoms with Crippen LogP contribution >= 0.6 is 0 Å². The molecule has 1 fully saturated rings. The van der Waals surface area contributed by atoms with Gasteiger partial charge in [0.1, 0.15) is 5.75 Å². The van der Waals surface area contributed by atoms with Gasteiger partial charge in [-0.05, 0) is 43.0 Å². The number of fused-ring (bicyclic) bond motifs is 2. The van der Waals surface area contributed by atoms with Crippen LogP contribution in [0.3, 0.4) is 0 Å². The highest BCUT2D eigenvalue weighted by molar-refractivity contribution is 5.99. The molecule has 3 amide bonds. The molecular weight excluding hydrogens is 354 g/mol. The Morgan fingerprint density at radius 3 is 2.82 bits per heavy atom. The average Bonchev–Trinajstić information content (AvgIpc) is 2.73. The summed E-state index contributed by atoms with van der Waals surface area (Å²) in [6, 6.07) is 14.9. The van der Waals surface area contributed by atoms with E-state index >= 15 is 0 Å². The van der Waals surface area contributed by atoms with Gasteiger partial charge >= 0.3 is 6.03 Å². The Bertz CT molecular complexity index is 853. The molecule has 0 spiro atoms. The lowest BCUT2D eigenvalue weighted by Gasteiger charge is -2.37. The van der Waals surface area contributed by atoms with Crippen molar-refractivity contribution in [2.45, 2.75) is 38.3 Å². The van der Waals surface area contributed by atoms with Crippen LogP contribution < -0.4 is 15.4 Å². The molecular formula is C22H25N3O3. The molecule has 2 N–H and O–H groups in total. The van der Waals surface area contributed by atoms with Crippen LogP contribution in [0.15, 0.2) is 48.5 Å². The standard InChI is InChI=1S/C22H25N3O3/c26-21-19-14-17(24-22(27)23-15-16-6-2-1-3-7-16)9-10-20(19)28-13-11-18-8-4-5-12-25(18)21/h1-3,6-7,9-10,14,18H,4-5,8,11-13,15H2,(H2,23,24,27). The number of carbonyl (C=O) groups is 2. The number of urea groups is 1. The van der Waals surface area contributed by atoms with Gasteiger partial charge in [0.2, 0.25) is 0 Å². The van der Waals surface area contributed by atoms with Crippen molar-refractivity contribution in [3.63, 3.8) is 0 Å². The number of nitrogens with zero attached hydrogens (tertiary/aromatic N) is 1. The van der Waals surface area contributed by atoms with Crippen LogP contribution in [0.25, 0.3) is 0 Å². The lowest BCUT2D eigenvalue weighted by molar-refractivity contribution is 0.0548. The summed E-state index contributed by atoms with van der Waals surface area (Å²) in [5, 5.41) is 5.64. The van der Waals surface area contributed by atoms with E-state index in [1.54, 1.807) is 18.2 Å². The lowest BCUT2D eigenvalue weighted by Crippen LogP contribution is -2.45. The second-order valence-electron chi connectivity index (χ2n) is 7.29. The van der Waals surface area contributed by atoms with Crippen molar-refractivity contribution < 1.29 is 14.3 Å². The molecule has 4 rings (SSSR count). The Kier molecular flexibility index (Phi) is 5.46. The van der Waals surface area contributed by atoms with Crippen LogP contribution in [-0.2, 0) is 6.54 Å². The maximum atomic E-state index is 13.1. The predicted octanol–water partition coefficient (Wildman–Crippen LogP) is 3.79. The molecule has 6 heteroatoms. The van der Waals surface area contributed by atoms with Gasteiger partial charge in [-0.25, -0.2) is 4.79 Å². The maximum Gasteiger partial charge on any atom is 0.319 e. The molecule has 6 nitrogen and oxygen atoms in total. The number of carbonyl (C=O) groups excluding carboxylic acids is 2. The first-order valence-corrected chi connectivity index (χ1v) is 9.87. The highest BCUT2D eigenvalue weighted by atomic mass is 16.5. The molecule has 2 heterocycles. The third-order valence-electron chi connectivity index (χ3n) is 5.36. The maximum absolute atomic E-state index is 13.1. The quantitative estimate of drug-likeness (QED) is 0.852. The molecule has 0 aromatic heterocycles. The molecule has 2 aromatic carbocycles. The van der Waals surface area contributed by atoms with Crippen LogP contribution in [0.2, 0.25) is 0 Å². The fourth-order valence-electron chi connectivity index (χ4n) is 3.88. The number of hydrogen-bond donors (Lipinski definition) is 2. The zero-order valence-corrected chi connectivity index (χ0v) is 15.8. The largest absolute Gasteiger partial charge is 0.493 e. The van der Waals surface area contributed by atoms with Crippen LogP contribution in [0.4, 0.5) is 10.5 Å². The van der Waals surface area contributed by atoms with Crippen molar-refractivity contribution in [2.24, 2.45) is 0 Å². The summed E-state index contributed by atoms with van der Waals surface area (Å²) in [4.78, 5) is 27.3. The molecule has 146 valence electrons. The molecule has 2 aliphatic rings. The molecule has 0 radical (unpaired) electrons. The van der Waals surface area contributed by atoms with E-state index in [2.05, 4.69) is 10.6 Å². The summed E-state index contributed by atoms with van der Waals surface area (Å²) >= 11 is 0. The SMILES string of the molecule is O=C(NCc1ccccc1)Nc1ccc2c(c1)C(=O)N1CCCCC1CCO2. The fourth-order valence-corrected chi connectivity index (χ4v) is 3.88. The molecule has 0 bridgehead atoms. The summed E-state index contributed by atoms with van der Waals surface area (Å²) in [5.74, 6) is 0.581. The third-order valence-corrected chi connectivity index (χ3v) is 5.36. The lowest BCUT2D eigenvalue weighted by atomic mass is 9.97. The summed E-state index contributed by atoms with van der Waals surface area (Å²) in [7, 11) is 0. The first kappa shape index (κ1) is 18.3. The first-order valence-electron chi connectivity index (χ1n) is 9.87. The monoisotopic (exact) mass is 379 g/mol. The van der Waals surface area contributed by atoms with Gasteiger partial charge in [-0.3, -0.25) is 4.79 Å². The summed E-state index contributed by atoms with van der Waals surface area (Å²) in [6.07, 6.45) is 4.10. The molecule has 2 aromatic rings. The smallest absolute Gasteiger partial charge is 0.319 e. The first-order chi connectivity index (χ1) is 13.7. The number of ether oxygens (including phenoxy) is 1. The zero-order chi connectivity index (χ0) is 19.3. The highest BCUT2D eigenvalue weighted by Crippen LogP contribution is 2.30. The summed E-state index contributed by atoms with van der Waals surface area (Å²) < 4.78 is 5.84. The molecule has 1 atom stereocenters. The molecule has 28 heavy (non-hydrogen) atoms. The van der Waals surface area contributed by atoms with Crippen molar-refractivity contribution in [1.29, 1.82) is 0 Å². The van der Waals surface area contributed by atoms with Gasteiger partial charge in [0, 0.05) is 31.2 Å². The normalized spacial score (nSPS) is 18.8. The van der Waals surface area contributed by atoms with Crippen LogP contribution in [0.5, 0.6) is 5.75 Å². The number of hydrogen-bond acceptors (Lipinski definition) is 3. The second kappa shape index (κ2) is 8.33. The topological polar surface area (TPSA) is 70.7 Å². The number of amides is 3. The molecule has 2 aliphatic heterocycles. The van der Waals surface area contributed by atoms with Gasteiger partial charge in [-0.1, -0.05) is 30.3 Å². The van der Waals surface area contributed by atoms with Gasteiger partial charge in [-0.15, -0.1) is 0 Å². The summed E-state index contributed by atoms with van der Waals surface area (Å²) in [5.41, 5.74) is 2.12. The Morgan fingerprint density at radius 2 is 1.96 bits per heavy atom. The number of nitrogens with one attached hydrogen (secondary N) is 2. The van der Waals surface area contributed by atoms with Crippen LogP contribution in [0.1, 0.15) is 41.6 Å². The fraction of sp³-hybridized carbons (Fsp3) is 0.364. The van der Waals surface area contributed by atoms with E-state index < -0.39 is 0 Å². The Balaban J connectivity index is 1.46. The van der Waals surface area contributed by atoms with Gasteiger partial charge in [0.05, 0.1) is 12.2 Å². The van der Waals surface area contributed by atoms with Gasteiger partial charge in [0.15, 0.2) is 0 Å². The van der Waals surface area contributed by atoms with E-state index in [0.717, 1.165) is 37.8 Å². The minimum atomic E-state index is -0.307. The number of rotatable bonds is 3. The van der Waals surface area contributed by atoms with Crippen molar-refractivity contribution in [1.82, 2.24) is 10.2 Å². The molecule has 1 saturated heterocycles. The van der Waals surface area contributed by atoms with Crippen molar-refractivity contribution >= 4 is 17.6 Å². The Labute approximate surface area is 164 Å². The average molecular weight is 379 g/mol. The Hall–Kier alpha value is -3.02. The van der Waals surface area contributed by atoms with E-state index in [1.807, 2.05) is 35.2 Å². The number of piperidine rings is 1. The minimum absolute atomic E-state index is 0.00672. The van der Waals surface area contributed by atoms with Gasteiger partial charge in [0.25, 0.3) is 5.91 Å². The predicted molar refractivity (Wildman–Crippen MR) is 108 cm³/mol. The van der Waals surface area contributed by atoms with Crippen LogP contribution in [0, 0.1) is 0 Å². The summed E-state index contributed by atoms with van der Waals surface area (Å²) in [6.45, 7) is 1.83. The van der Waals surface area contributed by atoms with Gasteiger partial charge < -0.3 is 20.3 Å². The van der Waals surface area contributed by atoms with E-state index in [-0.39, 0.29) is 18.0 Å². The molecule has 0 saturated carbocycles. The number of anilines is 1. The highest BCUT2D eigenvalue weighted by Gasteiger charge is 2.31. The Morgan fingerprint density at radius 1 is 1.11 bits per heavy atom. The van der Waals surface area contributed by atoms with E-state index in [4.69, 9.17) is 4.74 Å². The molecule has 1 unspecified atom stereocenters. The zero-order valence-electron chi connectivity index (χ0n) is 15.8. The number of benzene rings is 2. The van der Waals surface area contributed by atoms with E-state index in [0.29, 0.717) is 30.2 Å².